The van der Waals surface area contributed by atoms with Gasteiger partial charge >= 0.3 is 0 Å². The number of ether oxygens (including phenoxy) is 1. The lowest BCUT2D eigenvalue weighted by molar-refractivity contribution is 0.402. The van der Waals surface area contributed by atoms with Gasteiger partial charge in [0.05, 0.1) is 12.9 Å². The maximum Gasteiger partial charge on any atom is 0.244 e. The van der Waals surface area contributed by atoms with Gasteiger partial charge in [-0.05, 0) is 31.0 Å². The van der Waals surface area contributed by atoms with Crippen LogP contribution in [-0.2, 0) is 20.0 Å². The molecule has 0 aromatic heterocycles. The largest absolute Gasteiger partial charge is 0.495 e. The molecule has 130 valence electrons. The summed E-state index contributed by atoms with van der Waals surface area (Å²) in [6.07, 6.45) is 1.68. The van der Waals surface area contributed by atoms with Gasteiger partial charge in [0.15, 0.2) is 0 Å². The Morgan fingerprint density at radius 3 is 2.48 bits per heavy atom. The van der Waals surface area contributed by atoms with Crippen molar-refractivity contribution in [2.45, 2.75) is 17.7 Å². The van der Waals surface area contributed by atoms with Crippen molar-refractivity contribution in [1.82, 2.24) is 9.03 Å². The topological polar surface area (TPSA) is 92.8 Å². The highest BCUT2D eigenvalue weighted by Crippen LogP contribution is 2.26. The third-order valence-electron chi connectivity index (χ3n) is 3.53. The molecule has 0 atom stereocenters. The minimum absolute atomic E-state index is 0.119. The summed E-state index contributed by atoms with van der Waals surface area (Å²) in [4.78, 5) is -0.119. The number of nitrogens with one attached hydrogen (secondary N) is 1. The highest BCUT2D eigenvalue weighted by atomic mass is 35.5. The van der Waals surface area contributed by atoms with E-state index in [-0.39, 0.29) is 28.0 Å². The van der Waals surface area contributed by atoms with E-state index in [2.05, 4.69) is 4.72 Å². The zero-order valence-electron chi connectivity index (χ0n) is 12.7. The van der Waals surface area contributed by atoms with Crippen molar-refractivity contribution in [3.05, 3.63) is 23.2 Å². The molecule has 0 radical (unpaired) electrons. The van der Waals surface area contributed by atoms with E-state index < -0.39 is 20.0 Å². The zero-order valence-corrected chi connectivity index (χ0v) is 15.0. The molecule has 0 bridgehead atoms. The first-order valence-electron chi connectivity index (χ1n) is 7.07. The minimum atomic E-state index is -3.91. The third-order valence-corrected chi connectivity index (χ3v) is 7.12. The predicted molar refractivity (Wildman–Crippen MR) is 87.8 cm³/mol. The van der Waals surface area contributed by atoms with E-state index in [1.54, 1.807) is 0 Å². The van der Waals surface area contributed by atoms with Gasteiger partial charge < -0.3 is 4.74 Å². The standard InChI is InChI=1S/C13H19ClN2O5S2/c1-21-12-5-4-11(14)10-13(12)23(19,20)15-6-9-22(17,18)16-7-2-3-8-16/h4-5,10,15H,2-3,6-9H2,1H3. The van der Waals surface area contributed by atoms with Crippen molar-refractivity contribution < 1.29 is 21.6 Å². The molecule has 1 N–H and O–H groups in total. The first-order valence-corrected chi connectivity index (χ1v) is 10.5. The van der Waals surface area contributed by atoms with E-state index in [0.717, 1.165) is 12.8 Å². The number of nitrogens with zero attached hydrogens (tertiary/aromatic N) is 1. The zero-order chi connectivity index (χ0) is 17.1. The van der Waals surface area contributed by atoms with Gasteiger partial charge in [0, 0.05) is 24.7 Å². The fraction of sp³-hybridized carbons (Fsp3) is 0.538. The van der Waals surface area contributed by atoms with Crippen LogP contribution in [0, 0.1) is 0 Å². The molecule has 1 fully saturated rings. The first kappa shape index (κ1) is 18.5. The average molecular weight is 383 g/mol. The van der Waals surface area contributed by atoms with Crippen LogP contribution in [0.4, 0.5) is 0 Å². The summed E-state index contributed by atoms with van der Waals surface area (Å²) in [5, 5.41) is 0.246. The molecule has 0 spiro atoms. The summed E-state index contributed by atoms with van der Waals surface area (Å²) in [6.45, 7) is 0.783. The van der Waals surface area contributed by atoms with Crippen molar-refractivity contribution in [3.63, 3.8) is 0 Å². The lowest BCUT2D eigenvalue weighted by Crippen LogP contribution is -2.36. The Morgan fingerprint density at radius 1 is 1.22 bits per heavy atom. The first-order chi connectivity index (χ1) is 10.8. The average Bonchev–Trinajstić information content (AvgIpc) is 3.02. The summed E-state index contributed by atoms with van der Waals surface area (Å²) >= 11 is 5.82. The molecule has 1 aliphatic heterocycles. The van der Waals surface area contributed by atoms with Crippen LogP contribution in [0.5, 0.6) is 5.75 Å². The Bertz CT molecular complexity index is 759. The molecule has 23 heavy (non-hydrogen) atoms. The van der Waals surface area contributed by atoms with Crippen molar-refractivity contribution in [2.24, 2.45) is 0 Å². The normalized spacial score (nSPS) is 16.6. The molecule has 0 saturated carbocycles. The molecule has 1 aromatic rings. The summed E-state index contributed by atoms with van der Waals surface area (Å²) in [7, 11) is -6.01. The summed E-state index contributed by atoms with van der Waals surface area (Å²) in [5.74, 6) is -0.140. The van der Waals surface area contributed by atoms with Crippen LogP contribution in [0.1, 0.15) is 12.8 Å². The lowest BCUT2D eigenvalue weighted by atomic mass is 10.3. The van der Waals surface area contributed by atoms with E-state index in [1.807, 2.05) is 0 Å². The Kier molecular flexibility index (Phi) is 5.90. The molecule has 2 rings (SSSR count). The van der Waals surface area contributed by atoms with Crippen molar-refractivity contribution in [1.29, 1.82) is 0 Å². The molecule has 0 amide bonds. The summed E-state index contributed by atoms with van der Waals surface area (Å²) < 4.78 is 57.5. The van der Waals surface area contributed by atoms with Gasteiger partial charge in [0.1, 0.15) is 10.6 Å². The van der Waals surface area contributed by atoms with E-state index in [1.165, 1.54) is 29.6 Å². The minimum Gasteiger partial charge on any atom is -0.495 e. The Morgan fingerprint density at radius 2 is 1.87 bits per heavy atom. The van der Waals surface area contributed by atoms with Gasteiger partial charge in [-0.1, -0.05) is 11.6 Å². The quantitative estimate of drug-likeness (QED) is 0.760. The van der Waals surface area contributed by atoms with Gasteiger partial charge in [-0.15, -0.1) is 0 Å². The van der Waals surface area contributed by atoms with E-state index in [4.69, 9.17) is 16.3 Å². The fourth-order valence-electron chi connectivity index (χ4n) is 2.34. The number of rotatable bonds is 7. The van der Waals surface area contributed by atoms with E-state index in [9.17, 15) is 16.8 Å². The van der Waals surface area contributed by atoms with Crippen LogP contribution in [0.15, 0.2) is 23.1 Å². The Labute approximate surface area is 141 Å². The van der Waals surface area contributed by atoms with Crippen LogP contribution in [0.2, 0.25) is 5.02 Å². The number of hydrogen-bond acceptors (Lipinski definition) is 5. The Balaban J connectivity index is 2.06. The van der Waals surface area contributed by atoms with Gasteiger partial charge in [-0.25, -0.2) is 25.9 Å². The third kappa shape index (κ3) is 4.57. The second-order valence-corrected chi connectivity index (χ2v) is 9.38. The number of hydrogen-bond donors (Lipinski definition) is 1. The molecule has 0 aliphatic carbocycles. The second-order valence-electron chi connectivity index (χ2n) is 5.12. The monoisotopic (exact) mass is 382 g/mol. The van der Waals surface area contributed by atoms with Crippen LogP contribution in [0.25, 0.3) is 0 Å². The van der Waals surface area contributed by atoms with Crippen LogP contribution >= 0.6 is 11.6 Å². The van der Waals surface area contributed by atoms with E-state index >= 15 is 0 Å². The van der Waals surface area contributed by atoms with Crippen molar-refractivity contribution in [2.75, 3.05) is 32.5 Å². The van der Waals surface area contributed by atoms with E-state index in [0.29, 0.717) is 13.1 Å². The summed E-state index contributed by atoms with van der Waals surface area (Å²) in [5.41, 5.74) is 0. The smallest absolute Gasteiger partial charge is 0.244 e. The molecule has 1 heterocycles. The van der Waals surface area contributed by atoms with Gasteiger partial charge in [-0.2, -0.15) is 0 Å². The summed E-state index contributed by atoms with van der Waals surface area (Å²) in [6, 6.07) is 4.22. The number of halogens is 1. The maximum absolute atomic E-state index is 12.3. The second kappa shape index (κ2) is 7.35. The highest BCUT2D eigenvalue weighted by molar-refractivity contribution is 7.90. The highest BCUT2D eigenvalue weighted by Gasteiger charge is 2.26. The molecule has 1 aromatic carbocycles. The fourth-order valence-corrected chi connectivity index (χ4v) is 5.36. The lowest BCUT2D eigenvalue weighted by Gasteiger charge is -2.16. The molecule has 1 saturated heterocycles. The van der Waals surface area contributed by atoms with Crippen LogP contribution < -0.4 is 9.46 Å². The number of methoxy groups -OCH3 is 1. The predicted octanol–water partition coefficient (Wildman–Crippen LogP) is 1.05. The van der Waals surface area contributed by atoms with Gasteiger partial charge in [-0.3, -0.25) is 0 Å². The molecular weight excluding hydrogens is 364 g/mol. The molecule has 7 nitrogen and oxygen atoms in total. The van der Waals surface area contributed by atoms with Gasteiger partial charge in [0.25, 0.3) is 0 Å². The van der Waals surface area contributed by atoms with Gasteiger partial charge in [0.2, 0.25) is 20.0 Å². The van der Waals surface area contributed by atoms with Crippen LogP contribution in [-0.4, -0.2) is 53.6 Å². The Hall–Kier alpha value is -0.870. The molecule has 10 heteroatoms. The number of sulfonamides is 2. The van der Waals surface area contributed by atoms with Crippen molar-refractivity contribution in [3.8, 4) is 5.75 Å². The van der Waals surface area contributed by atoms with Crippen LogP contribution in [0.3, 0.4) is 0 Å². The molecular formula is C13H19ClN2O5S2. The molecule has 0 unspecified atom stereocenters. The number of benzene rings is 1. The SMILES string of the molecule is COc1ccc(Cl)cc1S(=O)(=O)NCCS(=O)(=O)N1CCCC1. The molecule has 1 aliphatic rings. The van der Waals surface area contributed by atoms with Crippen molar-refractivity contribution >= 4 is 31.6 Å². The maximum atomic E-state index is 12.3.